The van der Waals surface area contributed by atoms with E-state index in [4.69, 9.17) is 0 Å². The summed E-state index contributed by atoms with van der Waals surface area (Å²) < 4.78 is 26.1. The fourth-order valence-electron chi connectivity index (χ4n) is 1.84. The molecule has 1 saturated heterocycles. The lowest BCUT2D eigenvalue weighted by atomic mass is 10.3. The van der Waals surface area contributed by atoms with Crippen LogP contribution in [0, 0.1) is 6.07 Å². The Morgan fingerprint density at radius 2 is 2.31 bits per heavy atom. The van der Waals surface area contributed by atoms with E-state index < -0.39 is 10.0 Å². The van der Waals surface area contributed by atoms with Crippen LogP contribution in [0.15, 0.2) is 29.2 Å². The Morgan fingerprint density at radius 1 is 1.50 bits per heavy atom. The van der Waals surface area contributed by atoms with Crippen molar-refractivity contribution >= 4 is 10.0 Å². The maximum absolute atomic E-state index is 12.3. The summed E-state index contributed by atoms with van der Waals surface area (Å²) in [5.41, 5.74) is 0. The third-order valence-electron chi connectivity index (χ3n) is 2.71. The molecule has 0 aliphatic carbocycles. The lowest BCUT2D eigenvalue weighted by Gasteiger charge is -2.32. The minimum absolute atomic E-state index is 0.00708. The maximum Gasteiger partial charge on any atom is 0.244 e. The average Bonchev–Trinajstić information content (AvgIpc) is 2.30. The minimum atomic E-state index is -3.37. The van der Waals surface area contributed by atoms with Gasteiger partial charge < -0.3 is 5.32 Å². The molecular weight excluding hydrogens is 224 g/mol. The van der Waals surface area contributed by atoms with Crippen LogP contribution in [0.3, 0.4) is 0 Å². The lowest BCUT2D eigenvalue weighted by Crippen LogP contribution is -2.52. The van der Waals surface area contributed by atoms with Gasteiger partial charge in [0.15, 0.2) is 0 Å². The molecule has 4 nitrogen and oxygen atoms in total. The molecule has 0 aromatic heterocycles. The third-order valence-corrected chi connectivity index (χ3v) is 4.68. The molecule has 87 valence electrons. The van der Waals surface area contributed by atoms with Crippen molar-refractivity contribution < 1.29 is 8.42 Å². The molecule has 16 heavy (non-hydrogen) atoms. The molecule has 1 unspecified atom stereocenters. The van der Waals surface area contributed by atoms with Gasteiger partial charge in [0.05, 0.1) is 4.90 Å². The first-order valence-corrected chi connectivity index (χ1v) is 6.75. The monoisotopic (exact) mass is 239 g/mol. The van der Waals surface area contributed by atoms with Crippen molar-refractivity contribution in [3.05, 3.63) is 30.3 Å². The van der Waals surface area contributed by atoms with Crippen LogP contribution in [0.1, 0.15) is 6.92 Å². The summed E-state index contributed by atoms with van der Waals surface area (Å²) in [6, 6.07) is 9.46. The standard InChI is InChI=1S/C11H15N2O2S/c1-10-9-12-7-8-13(10)16(14,15)11-5-3-2-4-6-11/h2-5,10,12H,7-9H2,1H3. The zero-order valence-corrected chi connectivity index (χ0v) is 10.00. The van der Waals surface area contributed by atoms with E-state index in [1.54, 1.807) is 24.3 Å². The first kappa shape index (κ1) is 11.6. The Bertz CT molecular complexity index is 444. The van der Waals surface area contributed by atoms with E-state index in [1.807, 2.05) is 6.92 Å². The van der Waals surface area contributed by atoms with Crippen molar-refractivity contribution in [2.45, 2.75) is 17.9 Å². The van der Waals surface area contributed by atoms with E-state index in [-0.39, 0.29) is 10.9 Å². The molecule has 0 saturated carbocycles. The zero-order valence-electron chi connectivity index (χ0n) is 9.18. The number of nitrogens with one attached hydrogen (secondary N) is 1. The summed E-state index contributed by atoms with van der Waals surface area (Å²) in [7, 11) is -3.37. The van der Waals surface area contributed by atoms with Gasteiger partial charge in [-0.25, -0.2) is 8.42 Å². The lowest BCUT2D eigenvalue weighted by molar-refractivity contribution is 0.284. The molecule has 1 aromatic carbocycles. The molecule has 1 aromatic rings. The van der Waals surface area contributed by atoms with Gasteiger partial charge in [-0.05, 0) is 13.0 Å². The first-order valence-electron chi connectivity index (χ1n) is 5.31. The average molecular weight is 239 g/mol. The molecule has 0 spiro atoms. The molecule has 1 fully saturated rings. The number of piperazine rings is 1. The van der Waals surface area contributed by atoms with Crippen LogP contribution in [-0.4, -0.2) is 38.4 Å². The van der Waals surface area contributed by atoms with E-state index in [1.165, 1.54) is 4.31 Å². The summed E-state index contributed by atoms with van der Waals surface area (Å²) in [5.74, 6) is 0. The number of rotatable bonds is 2. The first-order chi connectivity index (χ1) is 7.62. The summed E-state index contributed by atoms with van der Waals surface area (Å²) in [6.45, 7) is 3.83. The number of nitrogens with zero attached hydrogens (tertiary/aromatic N) is 1. The van der Waals surface area contributed by atoms with Crippen LogP contribution in [-0.2, 0) is 10.0 Å². The largest absolute Gasteiger partial charge is 0.314 e. The normalized spacial score (nSPS) is 23.2. The van der Waals surface area contributed by atoms with Crippen LogP contribution in [0.25, 0.3) is 0 Å². The van der Waals surface area contributed by atoms with Gasteiger partial charge in [0.2, 0.25) is 10.0 Å². The minimum Gasteiger partial charge on any atom is -0.314 e. The number of sulfonamides is 1. The summed E-state index contributed by atoms with van der Waals surface area (Å²) in [6.07, 6.45) is 0. The molecular formula is C11H15N2O2S. The summed E-state index contributed by atoms with van der Waals surface area (Å²) in [4.78, 5) is 0.253. The van der Waals surface area contributed by atoms with Gasteiger partial charge in [-0.2, -0.15) is 4.31 Å². The van der Waals surface area contributed by atoms with Crippen molar-refractivity contribution in [3.63, 3.8) is 0 Å². The van der Waals surface area contributed by atoms with Gasteiger partial charge in [0.25, 0.3) is 0 Å². The molecule has 0 bridgehead atoms. The Labute approximate surface area is 96.3 Å². The number of hydrogen-bond acceptors (Lipinski definition) is 3. The highest BCUT2D eigenvalue weighted by molar-refractivity contribution is 7.89. The van der Waals surface area contributed by atoms with Gasteiger partial charge in [-0.1, -0.05) is 18.2 Å². The van der Waals surface area contributed by atoms with E-state index in [9.17, 15) is 8.42 Å². The molecule has 1 atom stereocenters. The van der Waals surface area contributed by atoms with Crippen molar-refractivity contribution in [1.82, 2.24) is 9.62 Å². The second kappa shape index (κ2) is 4.53. The summed E-state index contributed by atoms with van der Waals surface area (Å²) in [5, 5.41) is 3.17. The Hall–Kier alpha value is -0.910. The number of benzene rings is 1. The molecule has 0 amide bonds. The fraction of sp³-hybridized carbons (Fsp3) is 0.455. The number of hydrogen-bond donors (Lipinski definition) is 1. The predicted molar refractivity (Wildman–Crippen MR) is 61.5 cm³/mol. The highest BCUT2D eigenvalue weighted by atomic mass is 32.2. The van der Waals surface area contributed by atoms with Gasteiger partial charge in [0.1, 0.15) is 0 Å². The van der Waals surface area contributed by atoms with Crippen LogP contribution in [0.4, 0.5) is 0 Å². The second-order valence-electron chi connectivity index (χ2n) is 3.90. The van der Waals surface area contributed by atoms with Crippen molar-refractivity contribution in [3.8, 4) is 0 Å². The van der Waals surface area contributed by atoms with Crippen LogP contribution < -0.4 is 5.32 Å². The highest BCUT2D eigenvalue weighted by Gasteiger charge is 2.30. The van der Waals surface area contributed by atoms with E-state index >= 15 is 0 Å². The van der Waals surface area contributed by atoms with Crippen LogP contribution >= 0.6 is 0 Å². The van der Waals surface area contributed by atoms with Gasteiger partial charge >= 0.3 is 0 Å². The van der Waals surface area contributed by atoms with Crippen molar-refractivity contribution in [2.75, 3.05) is 19.6 Å². The van der Waals surface area contributed by atoms with Gasteiger partial charge in [-0.15, -0.1) is 0 Å². The van der Waals surface area contributed by atoms with E-state index in [0.717, 1.165) is 0 Å². The Morgan fingerprint density at radius 3 is 2.94 bits per heavy atom. The summed E-state index contributed by atoms with van der Waals surface area (Å²) >= 11 is 0. The second-order valence-corrected chi connectivity index (χ2v) is 5.75. The molecule has 1 heterocycles. The van der Waals surface area contributed by atoms with Gasteiger partial charge in [0, 0.05) is 31.7 Å². The Balaban J connectivity index is 2.32. The maximum atomic E-state index is 12.3. The smallest absolute Gasteiger partial charge is 0.244 e. The fourth-order valence-corrected chi connectivity index (χ4v) is 3.44. The molecule has 2 rings (SSSR count). The van der Waals surface area contributed by atoms with Crippen molar-refractivity contribution in [2.24, 2.45) is 0 Å². The quantitative estimate of drug-likeness (QED) is 0.816. The third kappa shape index (κ3) is 2.11. The zero-order chi connectivity index (χ0) is 11.6. The SMILES string of the molecule is CC1CNCCN1S(=O)(=O)c1[c]cccc1. The van der Waals surface area contributed by atoms with E-state index in [0.29, 0.717) is 19.6 Å². The predicted octanol–water partition coefficient (Wildman–Crippen LogP) is 0.469. The van der Waals surface area contributed by atoms with Gasteiger partial charge in [-0.3, -0.25) is 0 Å². The Kier molecular flexibility index (Phi) is 3.28. The van der Waals surface area contributed by atoms with E-state index in [2.05, 4.69) is 11.4 Å². The molecule has 1 aliphatic heterocycles. The molecule has 1 N–H and O–H groups in total. The molecule has 1 aliphatic rings. The van der Waals surface area contributed by atoms with Crippen LogP contribution in [0.5, 0.6) is 0 Å². The molecule has 1 radical (unpaired) electrons. The highest BCUT2D eigenvalue weighted by Crippen LogP contribution is 2.18. The topological polar surface area (TPSA) is 49.4 Å². The van der Waals surface area contributed by atoms with Crippen molar-refractivity contribution in [1.29, 1.82) is 0 Å². The molecule has 5 heteroatoms. The van der Waals surface area contributed by atoms with Crippen LogP contribution in [0.2, 0.25) is 0 Å².